The molecule has 0 atom stereocenters. The quantitative estimate of drug-likeness (QED) is 0.637. The van der Waals surface area contributed by atoms with E-state index in [0.717, 1.165) is 0 Å². The van der Waals surface area contributed by atoms with Crippen LogP contribution in [-0.4, -0.2) is 23.5 Å². The molecular formula is C15H14ClNO3. The van der Waals surface area contributed by atoms with Gasteiger partial charge in [-0.05, 0) is 31.0 Å². The molecule has 1 aliphatic heterocycles. The number of amides is 2. The first kappa shape index (κ1) is 14.6. The first-order valence-corrected chi connectivity index (χ1v) is 6.76. The summed E-state index contributed by atoms with van der Waals surface area (Å²) in [6, 6.07) is 4.82. The van der Waals surface area contributed by atoms with Crippen LogP contribution in [0.15, 0.2) is 18.2 Å². The zero-order valence-corrected chi connectivity index (χ0v) is 11.6. The lowest BCUT2D eigenvalue weighted by molar-refractivity contribution is -0.125. The van der Waals surface area contributed by atoms with Crippen LogP contribution in [0.3, 0.4) is 0 Å². The summed E-state index contributed by atoms with van der Waals surface area (Å²) in [6.07, 6.45) is 2.13. The van der Waals surface area contributed by atoms with E-state index in [1.165, 1.54) is 4.90 Å². The molecule has 0 aromatic heterocycles. The number of hydrogen-bond donors (Lipinski definition) is 1. The van der Waals surface area contributed by atoms with Crippen molar-refractivity contribution in [1.29, 1.82) is 0 Å². The van der Waals surface area contributed by atoms with Gasteiger partial charge in [-0.3, -0.25) is 9.59 Å². The molecule has 20 heavy (non-hydrogen) atoms. The van der Waals surface area contributed by atoms with E-state index in [-0.39, 0.29) is 18.4 Å². The number of imide groups is 1. The highest BCUT2D eigenvalue weighted by Gasteiger charge is 2.27. The van der Waals surface area contributed by atoms with Gasteiger partial charge in [0, 0.05) is 17.9 Å². The Labute approximate surface area is 122 Å². The predicted molar refractivity (Wildman–Crippen MR) is 76.4 cm³/mol. The number of carbonyl (C=O) groups is 2. The van der Waals surface area contributed by atoms with E-state index in [4.69, 9.17) is 16.7 Å². The Morgan fingerprint density at radius 3 is 2.45 bits per heavy atom. The summed E-state index contributed by atoms with van der Waals surface area (Å²) in [6.45, 7) is -0.298. The number of aliphatic hydroxyl groups is 1. The second-order valence-corrected chi connectivity index (χ2v) is 4.89. The third kappa shape index (κ3) is 3.19. The molecule has 0 bridgehead atoms. The molecule has 1 aliphatic rings. The Morgan fingerprint density at radius 1 is 1.20 bits per heavy atom. The summed E-state index contributed by atoms with van der Waals surface area (Å²) in [5, 5.41) is 9.26. The highest BCUT2D eigenvalue weighted by molar-refractivity contribution is 6.31. The number of halogens is 1. The normalized spacial score (nSPS) is 15.6. The highest BCUT2D eigenvalue weighted by Crippen LogP contribution is 2.27. The van der Waals surface area contributed by atoms with Crippen LogP contribution in [0.25, 0.3) is 0 Å². The molecule has 1 aromatic carbocycles. The van der Waals surface area contributed by atoms with E-state index in [2.05, 4.69) is 11.8 Å². The number of anilines is 1. The monoisotopic (exact) mass is 291 g/mol. The summed E-state index contributed by atoms with van der Waals surface area (Å²) >= 11 is 5.92. The average Bonchev–Trinajstić information content (AvgIpc) is 2.59. The molecule has 0 spiro atoms. The third-order valence-electron chi connectivity index (χ3n) is 3.03. The summed E-state index contributed by atoms with van der Waals surface area (Å²) < 4.78 is 0. The second-order valence-electron chi connectivity index (χ2n) is 4.45. The summed E-state index contributed by atoms with van der Waals surface area (Å²) in [5.74, 6) is 4.81. The largest absolute Gasteiger partial charge is 0.384 e. The van der Waals surface area contributed by atoms with Gasteiger partial charge in [0.15, 0.2) is 0 Å². The molecular weight excluding hydrogens is 278 g/mol. The second kappa shape index (κ2) is 6.56. The zero-order chi connectivity index (χ0) is 14.5. The van der Waals surface area contributed by atoms with Crippen LogP contribution in [0, 0.1) is 11.8 Å². The lowest BCUT2D eigenvalue weighted by Crippen LogP contribution is -2.35. The minimum Gasteiger partial charge on any atom is -0.384 e. The van der Waals surface area contributed by atoms with E-state index in [1.807, 2.05) is 0 Å². The summed E-state index contributed by atoms with van der Waals surface area (Å²) in [7, 11) is 0. The Kier molecular flexibility index (Phi) is 4.78. The average molecular weight is 292 g/mol. The molecule has 5 heteroatoms. The van der Waals surface area contributed by atoms with E-state index >= 15 is 0 Å². The highest BCUT2D eigenvalue weighted by atomic mass is 35.5. The Hall–Kier alpha value is -1.83. The van der Waals surface area contributed by atoms with Crippen molar-refractivity contribution in [3.05, 3.63) is 28.8 Å². The smallest absolute Gasteiger partial charge is 0.233 e. The molecule has 1 aromatic rings. The Morgan fingerprint density at radius 2 is 1.85 bits per heavy atom. The first-order valence-electron chi connectivity index (χ1n) is 6.38. The molecule has 104 valence electrons. The van der Waals surface area contributed by atoms with Crippen molar-refractivity contribution < 1.29 is 14.7 Å². The minimum atomic E-state index is -0.298. The summed E-state index contributed by atoms with van der Waals surface area (Å²) in [5.41, 5.74) is 0.905. The van der Waals surface area contributed by atoms with Crippen molar-refractivity contribution in [1.82, 2.24) is 0 Å². The van der Waals surface area contributed by atoms with Crippen LogP contribution in [0.2, 0.25) is 5.02 Å². The van der Waals surface area contributed by atoms with Gasteiger partial charge in [-0.15, -0.1) is 0 Å². The van der Waals surface area contributed by atoms with Crippen LogP contribution in [0.5, 0.6) is 0 Å². The van der Waals surface area contributed by atoms with Gasteiger partial charge in [0.25, 0.3) is 0 Å². The number of benzene rings is 1. The fourth-order valence-electron chi connectivity index (χ4n) is 2.12. The van der Waals surface area contributed by atoms with E-state index < -0.39 is 0 Å². The molecule has 2 rings (SSSR count). The lowest BCUT2D eigenvalue weighted by Gasteiger charge is -2.20. The topological polar surface area (TPSA) is 57.6 Å². The van der Waals surface area contributed by atoms with Crippen molar-refractivity contribution >= 4 is 29.1 Å². The van der Waals surface area contributed by atoms with Crippen LogP contribution < -0.4 is 4.90 Å². The third-order valence-corrected chi connectivity index (χ3v) is 3.27. The molecule has 1 heterocycles. The van der Waals surface area contributed by atoms with E-state index in [9.17, 15) is 9.59 Å². The van der Waals surface area contributed by atoms with Gasteiger partial charge in [0.05, 0.1) is 11.3 Å². The van der Waals surface area contributed by atoms with Crippen molar-refractivity contribution in [2.24, 2.45) is 0 Å². The standard InChI is InChI=1S/C15H14ClNO3/c16-12-7-8-13(11(10-12)4-3-9-18)17-14(19)5-1-2-6-15(17)20/h7-8,10,18H,1-2,5-6,9H2. The van der Waals surface area contributed by atoms with Gasteiger partial charge < -0.3 is 5.11 Å². The molecule has 0 saturated carbocycles. The van der Waals surface area contributed by atoms with Crippen molar-refractivity contribution in [2.75, 3.05) is 11.5 Å². The SMILES string of the molecule is O=C1CCCCC(=O)N1c1ccc(Cl)cc1C#CCO. The number of nitrogens with zero attached hydrogens (tertiary/aromatic N) is 1. The lowest BCUT2D eigenvalue weighted by atomic mass is 10.1. The van der Waals surface area contributed by atoms with Crippen molar-refractivity contribution in [3.63, 3.8) is 0 Å². The van der Waals surface area contributed by atoms with E-state index in [0.29, 0.717) is 42.0 Å². The fraction of sp³-hybridized carbons (Fsp3) is 0.333. The van der Waals surface area contributed by atoms with Crippen LogP contribution >= 0.6 is 11.6 Å². The number of rotatable bonds is 1. The number of aliphatic hydroxyl groups excluding tert-OH is 1. The number of carbonyl (C=O) groups excluding carboxylic acids is 2. The predicted octanol–water partition coefficient (Wildman–Crippen LogP) is 2.12. The van der Waals surface area contributed by atoms with Gasteiger partial charge in [0.2, 0.25) is 11.8 Å². The number of hydrogen-bond acceptors (Lipinski definition) is 3. The molecule has 0 aliphatic carbocycles. The fourth-order valence-corrected chi connectivity index (χ4v) is 2.29. The molecule has 0 radical (unpaired) electrons. The van der Waals surface area contributed by atoms with Crippen LogP contribution in [0.4, 0.5) is 5.69 Å². The molecule has 1 fully saturated rings. The summed E-state index contributed by atoms with van der Waals surface area (Å²) in [4.78, 5) is 25.4. The van der Waals surface area contributed by atoms with Gasteiger partial charge in [0.1, 0.15) is 6.61 Å². The zero-order valence-electron chi connectivity index (χ0n) is 10.9. The molecule has 4 nitrogen and oxygen atoms in total. The maximum atomic E-state index is 12.1. The van der Waals surface area contributed by atoms with E-state index in [1.54, 1.807) is 18.2 Å². The molecule has 0 unspecified atom stereocenters. The molecule has 2 amide bonds. The van der Waals surface area contributed by atoms with Crippen LogP contribution in [0.1, 0.15) is 31.2 Å². The van der Waals surface area contributed by atoms with Gasteiger partial charge in [-0.25, -0.2) is 4.90 Å². The van der Waals surface area contributed by atoms with Gasteiger partial charge >= 0.3 is 0 Å². The molecule has 1 N–H and O–H groups in total. The Bertz CT molecular complexity index is 583. The van der Waals surface area contributed by atoms with Gasteiger partial charge in [-0.2, -0.15) is 0 Å². The molecule has 1 saturated heterocycles. The first-order chi connectivity index (χ1) is 9.63. The Balaban J connectivity index is 2.49. The van der Waals surface area contributed by atoms with Gasteiger partial charge in [-0.1, -0.05) is 23.4 Å². The van der Waals surface area contributed by atoms with Crippen molar-refractivity contribution in [2.45, 2.75) is 25.7 Å². The maximum Gasteiger partial charge on any atom is 0.233 e. The van der Waals surface area contributed by atoms with Crippen molar-refractivity contribution in [3.8, 4) is 11.8 Å². The van der Waals surface area contributed by atoms with Crippen LogP contribution in [-0.2, 0) is 9.59 Å². The minimum absolute atomic E-state index is 0.220. The maximum absolute atomic E-state index is 12.1.